The molecule has 0 bridgehead atoms. The van der Waals surface area contributed by atoms with Gasteiger partial charge in [-0.15, -0.1) is 0 Å². The summed E-state index contributed by atoms with van der Waals surface area (Å²) in [6.45, 7) is 0.240. The van der Waals surface area contributed by atoms with Gasteiger partial charge in [-0.05, 0) is 29.8 Å². The van der Waals surface area contributed by atoms with Crippen molar-refractivity contribution in [1.82, 2.24) is 0 Å². The lowest BCUT2D eigenvalue weighted by molar-refractivity contribution is 0.174. The van der Waals surface area contributed by atoms with Gasteiger partial charge in [-0.1, -0.05) is 24.3 Å². The van der Waals surface area contributed by atoms with Gasteiger partial charge in [0.2, 0.25) is 6.79 Å². The molecule has 5 heteroatoms. The van der Waals surface area contributed by atoms with Crippen LogP contribution in [0.4, 0.5) is 0 Å². The van der Waals surface area contributed by atoms with Crippen molar-refractivity contribution in [2.24, 2.45) is 5.73 Å². The fourth-order valence-electron chi connectivity index (χ4n) is 2.07. The summed E-state index contributed by atoms with van der Waals surface area (Å²) in [5.41, 5.74) is 7.04. The largest absolute Gasteiger partial charge is 0.454 e. The van der Waals surface area contributed by atoms with Crippen molar-refractivity contribution in [3.8, 4) is 11.5 Å². The van der Waals surface area contributed by atoms with E-state index >= 15 is 0 Å². The number of benzene rings is 2. The van der Waals surface area contributed by atoms with Crippen LogP contribution in [0.25, 0.3) is 0 Å². The highest BCUT2D eigenvalue weighted by Crippen LogP contribution is 2.34. The van der Waals surface area contributed by atoms with E-state index in [0.717, 1.165) is 16.2 Å². The Hall–Kier alpha value is -1.85. The minimum Gasteiger partial charge on any atom is -0.454 e. The predicted octanol–water partition coefficient (Wildman–Crippen LogP) is 2.22. The summed E-state index contributed by atoms with van der Waals surface area (Å²) in [4.78, 5) is 0.795. The van der Waals surface area contributed by atoms with Crippen molar-refractivity contribution in [2.75, 3.05) is 12.5 Å². The van der Waals surface area contributed by atoms with Gasteiger partial charge in [0.25, 0.3) is 0 Å². The standard InChI is InChI=1S/C15H15NO3S/c16-13(9-20(17)12-4-2-1-3-5-12)11-6-7-14-15(8-11)19-10-18-14/h1-8,13H,9-10,16H2. The maximum atomic E-state index is 12.2. The number of hydrogen-bond acceptors (Lipinski definition) is 4. The third kappa shape index (κ3) is 2.69. The van der Waals surface area contributed by atoms with Gasteiger partial charge in [-0.25, -0.2) is 0 Å². The van der Waals surface area contributed by atoms with E-state index in [1.54, 1.807) is 0 Å². The first-order valence-electron chi connectivity index (χ1n) is 6.32. The molecule has 0 spiro atoms. The Balaban J connectivity index is 1.73. The molecule has 0 fully saturated rings. The van der Waals surface area contributed by atoms with Gasteiger partial charge in [0.05, 0.1) is 10.8 Å². The van der Waals surface area contributed by atoms with Gasteiger partial charge in [-0.2, -0.15) is 0 Å². The van der Waals surface area contributed by atoms with Crippen molar-refractivity contribution in [3.63, 3.8) is 0 Å². The lowest BCUT2D eigenvalue weighted by Gasteiger charge is -2.12. The van der Waals surface area contributed by atoms with Gasteiger partial charge in [0.15, 0.2) is 11.5 Å². The molecule has 0 amide bonds. The highest BCUT2D eigenvalue weighted by Gasteiger charge is 2.17. The third-order valence-corrected chi connectivity index (χ3v) is 4.62. The zero-order chi connectivity index (χ0) is 13.9. The Morgan fingerprint density at radius 3 is 2.65 bits per heavy atom. The minimum atomic E-state index is -1.11. The van der Waals surface area contributed by atoms with Gasteiger partial charge < -0.3 is 15.2 Å². The van der Waals surface area contributed by atoms with Crippen molar-refractivity contribution in [2.45, 2.75) is 10.9 Å². The first kappa shape index (κ1) is 13.1. The van der Waals surface area contributed by atoms with Crippen LogP contribution in [-0.2, 0) is 10.8 Å². The van der Waals surface area contributed by atoms with E-state index in [2.05, 4.69) is 0 Å². The molecule has 0 radical (unpaired) electrons. The van der Waals surface area contributed by atoms with Crippen LogP contribution in [0.1, 0.15) is 11.6 Å². The Morgan fingerprint density at radius 2 is 1.85 bits per heavy atom. The molecular formula is C15H15NO3S. The van der Waals surface area contributed by atoms with E-state index in [1.807, 2.05) is 48.5 Å². The van der Waals surface area contributed by atoms with Crippen LogP contribution in [-0.4, -0.2) is 16.8 Å². The van der Waals surface area contributed by atoms with Gasteiger partial charge >= 0.3 is 0 Å². The molecule has 2 unspecified atom stereocenters. The molecule has 0 saturated heterocycles. The zero-order valence-corrected chi connectivity index (χ0v) is 11.6. The Bertz CT molecular complexity index is 630. The first-order valence-corrected chi connectivity index (χ1v) is 7.64. The number of rotatable bonds is 4. The number of ether oxygens (including phenoxy) is 2. The third-order valence-electron chi connectivity index (χ3n) is 3.16. The van der Waals surface area contributed by atoms with Crippen LogP contribution in [0.15, 0.2) is 53.4 Å². The highest BCUT2D eigenvalue weighted by molar-refractivity contribution is 7.85. The van der Waals surface area contributed by atoms with E-state index in [-0.39, 0.29) is 12.8 Å². The molecule has 2 atom stereocenters. The lowest BCUT2D eigenvalue weighted by Crippen LogP contribution is -2.18. The predicted molar refractivity (Wildman–Crippen MR) is 77.2 cm³/mol. The van der Waals surface area contributed by atoms with Crippen molar-refractivity contribution >= 4 is 10.8 Å². The van der Waals surface area contributed by atoms with Crippen LogP contribution in [0, 0.1) is 0 Å². The normalized spacial score (nSPS) is 15.8. The van der Waals surface area contributed by atoms with E-state index < -0.39 is 10.8 Å². The molecule has 20 heavy (non-hydrogen) atoms. The SMILES string of the molecule is NC(CS(=O)c1ccccc1)c1ccc2c(c1)OCO2. The van der Waals surface area contributed by atoms with Crippen molar-refractivity contribution < 1.29 is 13.7 Å². The van der Waals surface area contributed by atoms with Crippen LogP contribution in [0.3, 0.4) is 0 Å². The lowest BCUT2D eigenvalue weighted by atomic mass is 10.1. The average molecular weight is 289 g/mol. The summed E-state index contributed by atoms with van der Waals surface area (Å²) >= 11 is 0. The monoisotopic (exact) mass is 289 g/mol. The summed E-state index contributed by atoms with van der Waals surface area (Å²) in [5, 5.41) is 0. The summed E-state index contributed by atoms with van der Waals surface area (Å²) in [5.74, 6) is 1.80. The molecule has 1 aliphatic heterocycles. The van der Waals surface area contributed by atoms with E-state index in [9.17, 15) is 4.21 Å². The first-order chi connectivity index (χ1) is 9.74. The molecule has 2 aromatic rings. The molecule has 104 valence electrons. The molecule has 0 aromatic heterocycles. The molecule has 0 saturated carbocycles. The maximum Gasteiger partial charge on any atom is 0.231 e. The van der Waals surface area contributed by atoms with E-state index in [1.165, 1.54) is 0 Å². The minimum absolute atomic E-state index is 0.240. The second-order valence-electron chi connectivity index (χ2n) is 4.54. The van der Waals surface area contributed by atoms with Crippen LogP contribution in [0.5, 0.6) is 11.5 Å². The van der Waals surface area contributed by atoms with Crippen LogP contribution < -0.4 is 15.2 Å². The Labute approximate surface area is 120 Å². The number of nitrogens with two attached hydrogens (primary N) is 1. The second-order valence-corrected chi connectivity index (χ2v) is 6.04. The van der Waals surface area contributed by atoms with Crippen LogP contribution in [0.2, 0.25) is 0 Å². The fourth-order valence-corrected chi connectivity index (χ4v) is 3.24. The summed E-state index contributed by atoms with van der Waals surface area (Å²) in [6.07, 6.45) is 0. The molecule has 3 rings (SSSR count). The molecular weight excluding hydrogens is 274 g/mol. The van der Waals surface area contributed by atoms with Crippen molar-refractivity contribution in [3.05, 3.63) is 54.1 Å². The second kappa shape index (κ2) is 5.64. The van der Waals surface area contributed by atoms with Crippen molar-refractivity contribution in [1.29, 1.82) is 0 Å². The maximum absolute atomic E-state index is 12.2. The zero-order valence-electron chi connectivity index (χ0n) is 10.8. The Kier molecular flexibility index (Phi) is 3.71. The molecule has 2 N–H and O–H groups in total. The highest BCUT2D eigenvalue weighted by atomic mass is 32.2. The fraction of sp³-hybridized carbons (Fsp3) is 0.200. The molecule has 1 heterocycles. The summed E-state index contributed by atoms with van der Waals surface area (Å²) < 4.78 is 22.8. The summed E-state index contributed by atoms with van der Waals surface area (Å²) in [6, 6.07) is 14.6. The summed E-state index contributed by atoms with van der Waals surface area (Å²) in [7, 11) is -1.11. The number of hydrogen-bond donors (Lipinski definition) is 1. The van der Waals surface area contributed by atoms with Gasteiger partial charge in [0.1, 0.15) is 0 Å². The van der Waals surface area contributed by atoms with Gasteiger partial charge in [-0.3, -0.25) is 4.21 Å². The smallest absolute Gasteiger partial charge is 0.231 e. The van der Waals surface area contributed by atoms with E-state index in [4.69, 9.17) is 15.2 Å². The molecule has 4 nitrogen and oxygen atoms in total. The van der Waals surface area contributed by atoms with Gasteiger partial charge in [0, 0.05) is 16.7 Å². The Morgan fingerprint density at radius 1 is 1.10 bits per heavy atom. The van der Waals surface area contributed by atoms with E-state index in [0.29, 0.717) is 11.5 Å². The molecule has 2 aromatic carbocycles. The number of fused-ring (bicyclic) bond motifs is 1. The molecule has 0 aliphatic carbocycles. The average Bonchev–Trinajstić information content (AvgIpc) is 2.95. The quantitative estimate of drug-likeness (QED) is 0.937. The van der Waals surface area contributed by atoms with Crippen LogP contribution >= 0.6 is 0 Å². The molecule has 1 aliphatic rings. The topological polar surface area (TPSA) is 61.6 Å².